The van der Waals surface area contributed by atoms with Crippen molar-refractivity contribution in [1.29, 1.82) is 0 Å². The molecule has 7 nitrogen and oxygen atoms in total. The summed E-state index contributed by atoms with van der Waals surface area (Å²) in [5.74, 6) is 0.514. The highest BCUT2D eigenvalue weighted by Crippen LogP contribution is 2.16. The van der Waals surface area contributed by atoms with Crippen LogP contribution in [0.2, 0.25) is 0 Å². The van der Waals surface area contributed by atoms with Crippen LogP contribution in [0.4, 0.5) is 17.2 Å². The maximum Gasteiger partial charge on any atom is 0.269 e. The molecule has 1 N–H and O–H groups in total. The van der Waals surface area contributed by atoms with Crippen LogP contribution in [0, 0.1) is 10.1 Å². The van der Waals surface area contributed by atoms with Crippen LogP contribution in [0.3, 0.4) is 0 Å². The number of amides is 1. The lowest BCUT2D eigenvalue weighted by Crippen LogP contribution is -2.22. The third-order valence-corrected chi connectivity index (χ3v) is 3.43. The Kier molecular flexibility index (Phi) is 5.24. The predicted octanol–water partition coefficient (Wildman–Crippen LogP) is 3.09. The second-order valence-corrected chi connectivity index (χ2v) is 4.84. The summed E-state index contributed by atoms with van der Waals surface area (Å²) in [5, 5.41) is 13.3. The van der Waals surface area contributed by atoms with Gasteiger partial charge < -0.3 is 10.2 Å². The average molecular weight is 314 g/mol. The minimum atomic E-state index is -0.502. The number of non-ortho nitro benzene ring substituents is 1. The average Bonchev–Trinajstić information content (AvgIpc) is 2.57. The lowest BCUT2D eigenvalue weighted by molar-refractivity contribution is -0.384. The van der Waals surface area contributed by atoms with E-state index in [0.29, 0.717) is 11.3 Å². The summed E-state index contributed by atoms with van der Waals surface area (Å²) < 4.78 is 0. The number of pyridine rings is 1. The first-order chi connectivity index (χ1) is 11.0. The lowest BCUT2D eigenvalue weighted by Gasteiger charge is -2.19. The summed E-state index contributed by atoms with van der Waals surface area (Å²) in [4.78, 5) is 28.6. The van der Waals surface area contributed by atoms with Gasteiger partial charge in [-0.2, -0.15) is 0 Å². The molecule has 1 aromatic heterocycles. The molecule has 2 aromatic rings. The molecule has 0 atom stereocenters. The Hall–Kier alpha value is -2.96. The number of aromatic nitrogens is 1. The first-order valence-electron chi connectivity index (χ1n) is 7.32. The summed E-state index contributed by atoms with van der Waals surface area (Å²) in [6, 6.07) is 9.08. The minimum absolute atomic E-state index is 0.0493. The largest absolute Gasteiger partial charge is 0.357 e. The van der Waals surface area contributed by atoms with Gasteiger partial charge in [0, 0.05) is 30.8 Å². The fraction of sp³-hybridized carbons (Fsp3) is 0.250. The van der Waals surface area contributed by atoms with Crippen molar-refractivity contribution >= 4 is 23.1 Å². The maximum absolute atomic E-state index is 12.1. The molecule has 0 aliphatic rings. The number of anilines is 2. The third kappa shape index (κ3) is 4.03. The fourth-order valence-electron chi connectivity index (χ4n) is 2.13. The number of nitrogens with zero attached hydrogens (tertiary/aromatic N) is 3. The zero-order valence-electron chi connectivity index (χ0n) is 13.0. The van der Waals surface area contributed by atoms with Gasteiger partial charge in [-0.25, -0.2) is 4.98 Å². The molecule has 0 bridgehead atoms. The van der Waals surface area contributed by atoms with Crippen LogP contribution in [0.1, 0.15) is 24.2 Å². The molecule has 0 radical (unpaired) electrons. The summed E-state index contributed by atoms with van der Waals surface area (Å²) in [7, 11) is 0. The number of nitrogens with one attached hydrogen (secondary N) is 1. The van der Waals surface area contributed by atoms with Crippen LogP contribution < -0.4 is 10.2 Å². The topological polar surface area (TPSA) is 88.4 Å². The van der Waals surface area contributed by atoms with Crippen molar-refractivity contribution in [3.63, 3.8) is 0 Å². The summed E-state index contributed by atoms with van der Waals surface area (Å²) >= 11 is 0. The molecule has 0 saturated carbocycles. The highest BCUT2D eigenvalue weighted by molar-refractivity contribution is 6.04. The van der Waals surface area contributed by atoms with Crippen molar-refractivity contribution in [3.8, 4) is 0 Å². The first kappa shape index (κ1) is 16.4. The molecule has 0 saturated heterocycles. The quantitative estimate of drug-likeness (QED) is 0.654. The molecule has 1 amide bonds. The van der Waals surface area contributed by atoms with E-state index in [-0.39, 0.29) is 11.6 Å². The van der Waals surface area contributed by atoms with E-state index >= 15 is 0 Å². The lowest BCUT2D eigenvalue weighted by atomic mass is 10.2. The van der Waals surface area contributed by atoms with E-state index in [4.69, 9.17) is 0 Å². The molecule has 0 fully saturated rings. The second-order valence-electron chi connectivity index (χ2n) is 4.84. The van der Waals surface area contributed by atoms with Crippen molar-refractivity contribution in [2.75, 3.05) is 23.3 Å². The molecule has 7 heteroatoms. The normalized spacial score (nSPS) is 10.2. The predicted molar refractivity (Wildman–Crippen MR) is 88.8 cm³/mol. The Labute approximate surface area is 134 Å². The number of hydrogen-bond acceptors (Lipinski definition) is 5. The first-order valence-corrected chi connectivity index (χ1v) is 7.32. The molecule has 120 valence electrons. The number of nitro groups is 1. The molecular weight excluding hydrogens is 296 g/mol. The van der Waals surface area contributed by atoms with Crippen LogP contribution >= 0.6 is 0 Å². The fourth-order valence-corrected chi connectivity index (χ4v) is 2.13. The Morgan fingerprint density at radius 3 is 2.30 bits per heavy atom. The Morgan fingerprint density at radius 2 is 1.83 bits per heavy atom. The van der Waals surface area contributed by atoms with Crippen LogP contribution in [0.5, 0.6) is 0 Å². The minimum Gasteiger partial charge on any atom is -0.357 e. The molecule has 2 rings (SSSR count). The van der Waals surface area contributed by atoms with E-state index in [1.54, 1.807) is 12.3 Å². The number of nitro benzene ring substituents is 1. The second kappa shape index (κ2) is 7.35. The number of rotatable bonds is 6. The smallest absolute Gasteiger partial charge is 0.269 e. The molecular formula is C16H18N4O3. The number of benzene rings is 1. The molecule has 1 heterocycles. The molecule has 0 aliphatic heterocycles. The van der Waals surface area contributed by atoms with Crippen molar-refractivity contribution < 1.29 is 9.72 Å². The van der Waals surface area contributed by atoms with E-state index in [2.05, 4.69) is 29.0 Å². The van der Waals surface area contributed by atoms with Gasteiger partial charge in [-0.1, -0.05) is 0 Å². The molecule has 23 heavy (non-hydrogen) atoms. The van der Waals surface area contributed by atoms with Crippen LogP contribution in [0.25, 0.3) is 0 Å². The third-order valence-electron chi connectivity index (χ3n) is 3.43. The van der Waals surface area contributed by atoms with Gasteiger partial charge in [-0.05, 0) is 38.1 Å². The van der Waals surface area contributed by atoms with E-state index < -0.39 is 4.92 Å². The van der Waals surface area contributed by atoms with Crippen LogP contribution in [-0.2, 0) is 0 Å². The van der Waals surface area contributed by atoms with E-state index in [9.17, 15) is 14.9 Å². The number of carbonyl (C=O) groups excluding carboxylic acids is 1. The standard InChI is InChI=1S/C16H18N4O3/c1-3-19(4-2)15-10-7-13(11-17-15)18-16(21)12-5-8-14(9-6-12)20(22)23/h5-11H,3-4H2,1-2H3,(H,18,21). The Bertz CT molecular complexity index is 679. The van der Waals surface area contributed by atoms with E-state index in [1.165, 1.54) is 24.3 Å². The molecule has 0 spiro atoms. The van der Waals surface area contributed by atoms with E-state index in [0.717, 1.165) is 18.9 Å². The van der Waals surface area contributed by atoms with Crippen LogP contribution in [-0.4, -0.2) is 28.9 Å². The Morgan fingerprint density at radius 1 is 1.17 bits per heavy atom. The van der Waals surface area contributed by atoms with Gasteiger partial charge in [-0.3, -0.25) is 14.9 Å². The maximum atomic E-state index is 12.1. The van der Waals surface area contributed by atoms with E-state index in [1.807, 2.05) is 6.07 Å². The van der Waals surface area contributed by atoms with Crippen molar-refractivity contribution in [3.05, 3.63) is 58.3 Å². The number of carbonyl (C=O) groups is 1. The molecule has 0 unspecified atom stereocenters. The molecule has 0 aliphatic carbocycles. The molecule has 1 aromatic carbocycles. The SMILES string of the molecule is CCN(CC)c1ccc(NC(=O)c2ccc([N+](=O)[O-])cc2)cn1. The van der Waals surface area contributed by atoms with Gasteiger partial charge >= 0.3 is 0 Å². The zero-order chi connectivity index (χ0) is 16.8. The van der Waals surface area contributed by atoms with Gasteiger partial charge in [0.2, 0.25) is 0 Å². The monoisotopic (exact) mass is 314 g/mol. The summed E-state index contributed by atoms with van der Waals surface area (Å²) in [5.41, 5.74) is 0.875. The van der Waals surface area contributed by atoms with Gasteiger partial charge in [0.05, 0.1) is 16.8 Å². The van der Waals surface area contributed by atoms with Crippen molar-refractivity contribution in [2.45, 2.75) is 13.8 Å². The highest BCUT2D eigenvalue weighted by Gasteiger charge is 2.10. The van der Waals surface area contributed by atoms with Gasteiger partial charge in [-0.15, -0.1) is 0 Å². The Balaban J connectivity index is 2.06. The highest BCUT2D eigenvalue weighted by atomic mass is 16.6. The van der Waals surface area contributed by atoms with Gasteiger partial charge in [0.15, 0.2) is 0 Å². The number of hydrogen-bond donors (Lipinski definition) is 1. The van der Waals surface area contributed by atoms with Crippen molar-refractivity contribution in [2.24, 2.45) is 0 Å². The zero-order valence-corrected chi connectivity index (χ0v) is 13.0. The van der Waals surface area contributed by atoms with Crippen LogP contribution in [0.15, 0.2) is 42.6 Å². The van der Waals surface area contributed by atoms with Gasteiger partial charge in [0.1, 0.15) is 5.82 Å². The van der Waals surface area contributed by atoms with Gasteiger partial charge in [0.25, 0.3) is 11.6 Å². The van der Waals surface area contributed by atoms with Crippen molar-refractivity contribution in [1.82, 2.24) is 4.98 Å². The summed E-state index contributed by atoms with van der Waals surface area (Å²) in [6.45, 7) is 5.82. The summed E-state index contributed by atoms with van der Waals surface area (Å²) in [6.07, 6.45) is 1.59.